The summed E-state index contributed by atoms with van der Waals surface area (Å²) in [6.45, 7) is 16.8. The van der Waals surface area contributed by atoms with Crippen LogP contribution in [0.5, 0.6) is 0 Å². The van der Waals surface area contributed by atoms with Gasteiger partial charge in [0.2, 0.25) is 0 Å². The Kier molecular flexibility index (Phi) is 6.79. The summed E-state index contributed by atoms with van der Waals surface area (Å²) >= 11 is 0. The minimum atomic E-state index is -1.27. The van der Waals surface area contributed by atoms with E-state index in [2.05, 4.69) is 40.7 Å². The summed E-state index contributed by atoms with van der Waals surface area (Å²) in [5.74, 6) is 1.11. The molecule has 5 rings (SSSR count). The van der Waals surface area contributed by atoms with Gasteiger partial charge < -0.3 is 24.8 Å². The van der Waals surface area contributed by atoms with E-state index >= 15 is 0 Å². The van der Waals surface area contributed by atoms with Crippen LogP contribution >= 0.6 is 0 Å². The molecular weight excluding hydrogens is 480 g/mol. The Bertz CT molecular complexity index is 981. The molecule has 0 aromatic rings. The molecule has 11 atom stereocenters. The Morgan fingerprint density at radius 2 is 1.79 bits per heavy atom. The topological polar surface area (TPSA) is 96.2 Å². The van der Waals surface area contributed by atoms with Gasteiger partial charge in [-0.3, -0.25) is 4.79 Å². The molecule has 4 fully saturated rings. The van der Waals surface area contributed by atoms with Gasteiger partial charge in [-0.05, 0) is 99.2 Å². The van der Waals surface area contributed by atoms with Crippen molar-refractivity contribution >= 4 is 5.97 Å². The lowest BCUT2D eigenvalue weighted by Gasteiger charge is -2.64. The first-order valence-electron chi connectivity index (χ1n) is 15.1. The van der Waals surface area contributed by atoms with Gasteiger partial charge >= 0.3 is 5.97 Å². The second kappa shape index (κ2) is 9.03. The minimum Gasteiger partial charge on any atom is -0.462 e. The van der Waals surface area contributed by atoms with Crippen molar-refractivity contribution in [3.8, 4) is 0 Å². The molecule has 0 aromatic carbocycles. The van der Waals surface area contributed by atoms with Crippen LogP contribution < -0.4 is 0 Å². The number of aliphatic hydroxyl groups excluding tert-OH is 2. The first kappa shape index (κ1) is 28.6. The molecule has 0 aromatic heterocycles. The first-order chi connectivity index (χ1) is 17.5. The highest BCUT2D eigenvalue weighted by molar-refractivity contribution is 5.66. The maximum atomic E-state index is 11.9. The number of fused-ring (bicyclic) bond motifs is 5. The summed E-state index contributed by atoms with van der Waals surface area (Å²) in [4.78, 5) is 11.9. The highest BCUT2D eigenvalue weighted by Crippen LogP contribution is 2.74. The molecule has 11 unspecified atom stereocenters. The summed E-state index contributed by atoms with van der Waals surface area (Å²) in [6, 6.07) is 0. The van der Waals surface area contributed by atoms with E-state index in [9.17, 15) is 20.1 Å². The van der Waals surface area contributed by atoms with E-state index in [4.69, 9.17) is 9.47 Å². The van der Waals surface area contributed by atoms with Crippen LogP contribution in [0.15, 0.2) is 11.6 Å². The first-order valence-corrected chi connectivity index (χ1v) is 15.1. The van der Waals surface area contributed by atoms with Crippen molar-refractivity contribution in [2.75, 3.05) is 0 Å². The lowest BCUT2D eigenvalue weighted by Crippen LogP contribution is -2.58. The number of carbonyl (C=O) groups excluding carboxylic acids is 1. The van der Waals surface area contributed by atoms with Gasteiger partial charge in [0.1, 0.15) is 12.2 Å². The van der Waals surface area contributed by atoms with Crippen molar-refractivity contribution in [1.29, 1.82) is 0 Å². The van der Waals surface area contributed by atoms with E-state index in [0.717, 1.165) is 44.9 Å². The van der Waals surface area contributed by atoms with E-state index in [0.29, 0.717) is 24.2 Å². The molecule has 0 spiro atoms. The Morgan fingerprint density at radius 3 is 2.42 bits per heavy atom. The third-order valence-corrected chi connectivity index (χ3v) is 12.9. The quantitative estimate of drug-likeness (QED) is 0.332. The van der Waals surface area contributed by atoms with Gasteiger partial charge in [-0.15, -0.1) is 0 Å². The fourth-order valence-corrected chi connectivity index (χ4v) is 10.6. The Labute approximate surface area is 229 Å². The van der Waals surface area contributed by atoms with Crippen molar-refractivity contribution in [3.63, 3.8) is 0 Å². The van der Waals surface area contributed by atoms with Gasteiger partial charge in [0.15, 0.2) is 6.29 Å². The van der Waals surface area contributed by atoms with Crippen LogP contribution in [0.2, 0.25) is 0 Å². The number of ether oxygens (including phenoxy) is 2. The Balaban J connectivity index is 1.42. The monoisotopic (exact) mass is 532 g/mol. The average Bonchev–Trinajstić information content (AvgIpc) is 3.31. The molecule has 6 nitrogen and oxygen atoms in total. The number of hydrogen-bond acceptors (Lipinski definition) is 6. The van der Waals surface area contributed by atoms with Gasteiger partial charge in [-0.1, -0.05) is 46.3 Å². The fourth-order valence-electron chi connectivity index (χ4n) is 10.6. The predicted octanol–water partition coefficient (Wildman–Crippen LogP) is 5.38. The zero-order valence-electron chi connectivity index (χ0n) is 24.9. The van der Waals surface area contributed by atoms with Crippen LogP contribution in [-0.2, 0) is 14.3 Å². The fraction of sp³-hybridized carbons (Fsp3) is 0.906. The van der Waals surface area contributed by atoms with Gasteiger partial charge in [0, 0.05) is 18.3 Å². The summed E-state index contributed by atoms with van der Waals surface area (Å²) in [5.41, 5.74) is 0.597. The molecule has 3 saturated carbocycles. The van der Waals surface area contributed by atoms with Crippen LogP contribution in [0.1, 0.15) is 107 Å². The van der Waals surface area contributed by atoms with Crippen molar-refractivity contribution < 1.29 is 29.6 Å². The number of carbonyl (C=O) groups is 1. The van der Waals surface area contributed by atoms with Gasteiger partial charge in [-0.25, -0.2) is 0 Å². The van der Waals surface area contributed by atoms with Crippen molar-refractivity contribution in [3.05, 3.63) is 11.6 Å². The van der Waals surface area contributed by atoms with Crippen molar-refractivity contribution in [2.24, 2.45) is 45.3 Å². The molecule has 0 bridgehead atoms. The predicted molar refractivity (Wildman–Crippen MR) is 146 cm³/mol. The third kappa shape index (κ3) is 3.98. The molecule has 0 amide bonds. The van der Waals surface area contributed by atoms with E-state index in [1.54, 1.807) is 19.4 Å². The molecule has 0 radical (unpaired) electrons. The molecule has 1 heterocycles. The van der Waals surface area contributed by atoms with Gasteiger partial charge in [-0.2, -0.15) is 0 Å². The second-order valence-electron chi connectivity index (χ2n) is 15.5. The van der Waals surface area contributed by atoms with Gasteiger partial charge in [0.05, 0.1) is 11.7 Å². The number of allylic oxidation sites excluding steroid dienone is 2. The molecule has 1 saturated heterocycles. The van der Waals surface area contributed by atoms with E-state index in [-0.39, 0.29) is 39.7 Å². The van der Waals surface area contributed by atoms with E-state index < -0.39 is 24.1 Å². The largest absolute Gasteiger partial charge is 0.462 e. The molecular formula is C32H52O6. The summed E-state index contributed by atoms with van der Waals surface area (Å²) in [6.07, 6.45) is 8.11. The zero-order chi connectivity index (χ0) is 28.1. The van der Waals surface area contributed by atoms with E-state index in [1.165, 1.54) is 6.92 Å². The van der Waals surface area contributed by atoms with Gasteiger partial charge in [0.25, 0.3) is 0 Å². The lowest BCUT2D eigenvalue weighted by molar-refractivity contribution is -0.177. The van der Waals surface area contributed by atoms with Crippen molar-refractivity contribution in [1.82, 2.24) is 0 Å². The lowest BCUT2D eigenvalue weighted by atomic mass is 9.41. The zero-order valence-corrected chi connectivity index (χ0v) is 24.9. The van der Waals surface area contributed by atoms with Crippen LogP contribution in [-0.4, -0.2) is 51.5 Å². The third-order valence-electron chi connectivity index (χ3n) is 12.9. The number of aliphatic hydroxyl groups is 3. The average molecular weight is 533 g/mol. The van der Waals surface area contributed by atoms with Crippen LogP contribution in [0, 0.1) is 45.3 Å². The molecule has 4 aliphatic carbocycles. The maximum absolute atomic E-state index is 11.9. The SMILES string of the molecule is CC(=O)OC1CCC2(C)C3CCC4(C)C(C5CC(C(O)C(C)(C)O)OC5O)CCC4(C)C3=CCC2C1(C)C. The standard InChI is InChI=1S/C32H52O6/c1-18(33)37-25-13-14-30(6)21-12-16-31(7)20(19-17-23(38-27(19)35)26(34)29(4,5)36)11-15-32(31,8)22(21)9-10-24(30)28(25,2)3/h9,19-21,23-27,34-36H,10-17H2,1-8H3. The minimum absolute atomic E-state index is 0.0237. The summed E-state index contributed by atoms with van der Waals surface area (Å²) in [7, 11) is 0. The molecule has 38 heavy (non-hydrogen) atoms. The number of esters is 1. The normalized spacial score (nSPS) is 48.9. The molecule has 3 N–H and O–H groups in total. The molecule has 1 aliphatic heterocycles. The van der Waals surface area contributed by atoms with Crippen molar-refractivity contribution in [2.45, 2.75) is 137 Å². The maximum Gasteiger partial charge on any atom is 0.302 e. The second-order valence-corrected chi connectivity index (χ2v) is 15.5. The molecule has 6 heteroatoms. The Morgan fingerprint density at radius 1 is 1.11 bits per heavy atom. The highest BCUT2D eigenvalue weighted by atomic mass is 16.6. The Hall–Kier alpha value is -0.950. The van der Waals surface area contributed by atoms with E-state index in [1.807, 2.05) is 0 Å². The number of rotatable bonds is 4. The van der Waals surface area contributed by atoms with Crippen LogP contribution in [0.3, 0.4) is 0 Å². The van der Waals surface area contributed by atoms with Crippen LogP contribution in [0.4, 0.5) is 0 Å². The summed E-state index contributed by atoms with van der Waals surface area (Å²) < 4.78 is 11.7. The summed E-state index contributed by atoms with van der Waals surface area (Å²) in [5, 5.41) is 32.1. The number of hydrogen-bond donors (Lipinski definition) is 3. The highest BCUT2D eigenvalue weighted by Gasteiger charge is 2.67. The molecule has 216 valence electrons. The van der Waals surface area contributed by atoms with Crippen LogP contribution in [0.25, 0.3) is 0 Å². The smallest absolute Gasteiger partial charge is 0.302 e. The molecule has 5 aliphatic rings.